The molecule has 0 N–H and O–H groups in total. The second-order valence-electron chi connectivity index (χ2n) is 4.69. The fourth-order valence-corrected chi connectivity index (χ4v) is 2.29. The van der Waals surface area contributed by atoms with E-state index in [1.807, 2.05) is 0 Å². The average Bonchev–Trinajstić information content (AvgIpc) is 2.46. The predicted molar refractivity (Wildman–Crippen MR) is 62.6 cm³/mol. The third kappa shape index (κ3) is 5.64. The molecule has 1 radical (unpaired) electrons. The minimum Gasteiger partial charge on any atom is -0.242 e. The Balaban J connectivity index is 1.93. The topological polar surface area (TPSA) is 14.1 Å². The van der Waals surface area contributed by atoms with E-state index in [4.69, 9.17) is 0 Å². The third-order valence-electron chi connectivity index (χ3n) is 3.28. The van der Waals surface area contributed by atoms with Crippen molar-refractivity contribution in [1.82, 2.24) is 5.32 Å². The molecule has 0 saturated carbocycles. The van der Waals surface area contributed by atoms with Gasteiger partial charge in [0.1, 0.15) is 0 Å². The highest BCUT2D eigenvalue weighted by molar-refractivity contribution is 4.67. The molecule has 1 saturated heterocycles. The van der Waals surface area contributed by atoms with Crippen molar-refractivity contribution >= 4 is 0 Å². The van der Waals surface area contributed by atoms with E-state index in [1.54, 1.807) is 0 Å². The van der Waals surface area contributed by atoms with E-state index in [2.05, 4.69) is 12.2 Å². The van der Waals surface area contributed by atoms with Gasteiger partial charge in [-0.05, 0) is 25.2 Å². The molecular weight excluding hydrogens is 170 g/mol. The first-order valence-electron chi connectivity index (χ1n) is 6.56. The molecular formula is C13H26N. The van der Waals surface area contributed by atoms with Crippen LogP contribution in [0.25, 0.3) is 0 Å². The van der Waals surface area contributed by atoms with Gasteiger partial charge in [-0.1, -0.05) is 45.4 Å². The summed E-state index contributed by atoms with van der Waals surface area (Å²) in [6, 6.07) is 0. The summed E-state index contributed by atoms with van der Waals surface area (Å²) in [5.74, 6) is 0.930. The molecule has 1 aliphatic heterocycles. The maximum absolute atomic E-state index is 4.57. The lowest BCUT2D eigenvalue weighted by atomic mass is 9.96. The van der Waals surface area contributed by atoms with Crippen LogP contribution in [0.15, 0.2) is 0 Å². The molecule has 1 atom stereocenters. The number of hydrogen-bond donors (Lipinski definition) is 0. The molecule has 1 rings (SSSR count). The van der Waals surface area contributed by atoms with Crippen molar-refractivity contribution in [2.75, 3.05) is 13.1 Å². The fourth-order valence-electron chi connectivity index (χ4n) is 2.29. The van der Waals surface area contributed by atoms with Gasteiger partial charge in [0.05, 0.1) is 0 Å². The van der Waals surface area contributed by atoms with Gasteiger partial charge in [-0.15, -0.1) is 0 Å². The van der Waals surface area contributed by atoms with Gasteiger partial charge in [0.2, 0.25) is 0 Å². The Labute approximate surface area is 89.7 Å². The van der Waals surface area contributed by atoms with Crippen LogP contribution in [0.1, 0.15) is 64.7 Å². The molecule has 14 heavy (non-hydrogen) atoms. The summed E-state index contributed by atoms with van der Waals surface area (Å²) in [7, 11) is 0. The Morgan fingerprint density at radius 2 is 1.93 bits per heavy atom. The van der Waals surface area contributed by atoms with Crippen LogP contribution < -0.4 is 5.32 Å². The second kappa shape index (κ2) is 8.28. The number of nitrogens with zero attached hydrogens (tertiary/aromatic N) is 1. The first-order valence-corrected chi connectivity index (χ1v) is 6.56. The molecule has 1 heterocycles. The highest BCUT2D eigenvalue weighted by Crippen LogP contribution is 2.19. The van der Waals surface area contributed by atoms with Crippen LogP contribution in [0.4, 0.5) is 0 Å². The molecule has 0 aromatic carbocycles. The Kier molecular flexibility index (Phi) is 7.12. The Morgan fingerprint density at radius 3 is 2.79 bits per heavy atom. The summed E-state index contributed by atoms with van der Waals surface area (Å²) in [6.45, 7) is 4.57. The van der Waals surface area contributed by atoms with Gasteiger partial charge >= 0.3 is 0 Å². The Bertz CT molecular complexity index is 114. The molecule has 1 heteroatoms. The molecule has 0 aliphatic carbocycles. The zero-order valence-electron chi connectivity index (χ0n) is 9.80. The van der Waals surface area contributed by atoms with Crippen molar-refractivity contribution in [2.24, 2.45) is 5.92 Å². The normalized spacial score (nSPS) is 23.4. The third-order valence-corrected chi connectivity index (χ3v) is 3.28. The molecule has 0 aromatic rings. The lowest BCUT2D eigenvalue weighted by Crippen LogP contribution is -2.13. The minimum atomic E-state index is 0.930. The Morgan fingerprint density at radius 1 is 1.07 bits per heavy atom. The molecule has 1 aliphatic rings. The van der Waals surface area contributed by atoms with E-state index in [0.29, 0.717) is 0 Å². The van der Waals surface area contributed by atoms with Crippen LogP contribution in [-0.2, 0) is 0 Å². The van der Waals surface area contributed by atoms with Crippen LogP contribution in [0.2, 0.25) is 0 Å². The van der Waals surface area contributed by atoms with Gasteiger partial charge in [0.25, 0.3) is 0 Å². The molecule has 0 spiro atoms. The van der Waals surface area contributed by atoms with Gasteiger partial charge < -0.3 is 0 Å². The Hall–Kier alpha value is -0.0400. The maximum atomic E-state index is 4.57. The minimum absolute atomic E-state index is 0.930. The van der Waals surface area contributed by atoms with E-state index >= 15 is 0 Å². The standard InChI is InChI=1S/C13H26N/c1-2-3-4-5-6-9-13-10-7-8-11-14-12-13/h13H,2-12H2,1H3. The van der Waals surface area contributed by atoms with Crippen LogP contribution in [0.3, 0.4) is 0 Å². The van der Waals surface area contributed by atoms with E-state index < -0.39 is 0 Å². The van der Waals surface area contributed by atoms with Gasteiger partial charge in [-0.2, -0.15) is 0 Å². The predicted octanol–water partition coefficient (Wildman–Crippen LogP) is 3.75. The van der Waals surface area contributed by atoms with E-state index in [-0.39, 0.29) is 0 Å². The summed E-state index contributed by atoms with van der Waals surface area (Å²) in [6.07, 6.45) is 12.8. The molecule has 1 unspecified atom stereocenters. The molecule has 0 aromatic heterocycles. The smallest absolute Gasteiger partial charge is 0.0161 e. The molecule has 1 nitrogen and oxygen atoms in total. The van der Waals surface area contributed by atoms with E-state index in [0.717, 1.165) is 19.0 Å². The van der Waals surface area contributed by atoms with Gasteiger partial charge in [0, 0.05) is 13.1 Å². The summed E-state index contributed by atoms with van der Waals surface area (Å²) >= 11 is 0. The second-order valence-corrected chi connectivity index (χ2v) is 4.69. The van der Waals surface area contributed by atoms with Crippen LogP contribution >= 0.6 is 0 Å². The van der Waals surface area contributed by atoms with Crippen molar-refractivity contribution in [3.05, 3.63) is 0 Å². The van der Waals surface area contributed by atoms with Gasteiger partial charge in [0.15, 0.2) is 0 Å². The summed E-state index contributed by atoms with van der Waals surface area (Å²) < 4.78 is 0. The molecule has 0 amide bonds. The van der Waals surface area contributed by atoms with Crippen molar-refractivity contribution in [2.45, 2.75) is 64.7 Å². The summed E-state index contributed by atoms with van der Waals surface area (Å²) in [4.78, 5) is 0. The SMILES string of the molecule is CCCCCCCC1CCCC[N]C1. The average molecular weight is 196 g/mol. The van der Waals surface area contributed by atoms with Crippen LogP contribution in [0, 0.1) is 5.92 Å². The van der Waals surface area contributed by atoms with E-state index in [1.165, 1.54) is 57.8 Å². The lowest BCUT2D eigenvalue weighted by Gasteiger charge is -2.12. The maximum Gasteiger partial charge on any atom is 0.0161 e. The number of rotatable bonds is 6. The monoisotopic (exact) mass is 196 g/mol. The highest BCUT2D eigenvalue weighted by Gasteiger charge is 2.11. The zero-order valence-corrected chi connectivity index (χ0v) is 9.80. The largest absolute Gasteiger partial charge is 0.242 e. The molecule has 0 bridgehead atoms. The van der Waals surface area contributed by atoms with Gasteiger partial charge in [-0.3, -0.25) is 0 Å². The zero-order chi connectivity index (χ0) is 10.1. The van der Waals surface area contributed by atoms with Crippen LogP contribution in [0.5, 0.6) is 0 Å². The van der Waals surface area contributed by atoms with Crippen molar-refractivity contribution in [3.8, 4) is 0 Å². The summed E-state index contributed by atoms with van der Waals surface area (Å²) in [5, 5.41) is 4.57. The number of unbranched alkanes of at least 4 members (excludes halogenated alkanes) is 4. The van der Waals surface area contributed by atoms with Gasteiger partial charge in [-0.25, -0.2) is 5.32 Å². The van der Waals surface area contributed by atoms with Crippen molar-refractivity contribution in [3.63, 3.8) is 0 Å². The summed E-state index contributed by atoms with van der Waals surface area (Å²) in [5.41, 5.74) is 0. The first kappa shape index (κ1) is 12.0. The number of hydrogen-bond acceptors (Lipinski definition) is 0. The highest BCUT2D eigenvalue weighted by atomic mass is 14.9. The molecule has 1 fully saturated rings. The van der Waals surface area contributed by atoms with Crippen molar-refractivity contribution < 1.29 is 0 Å². The first-order chi connectivity index (χ1) is 6.93. The molecule has 83 valence electrons. The van der Waals surface area contributed by atoms with Crippen LogP contribution in [-0.4, -0.2) is 13.1 Å². The van der Waals surface area contributed by atoms with E-state index in [9.17, 15) is 0 Å². The van der Waals surface area contributed by atoms with Crippen molar-refractivity contribution in [1.29, 1.82) is 0 Å². The lowest BCUT2D eigenvalue weighted by molar-refractivity contribution is 0.419. The fraction of sp³-hybridized carbons (Fsp3) is 1.00. The quantitative estimate of drug-likeness (QED) is 0.574.